The third kappa shape index (κ3) is 3.16. The Kier molecular flexibility index (Phi) is 4.10. The maximum Gasteiger partial charge on any atom is 0.167 e. The second-order valence-electron chi connectivity index (χ2n) is 2.78. The van der Waals surface area contributed by atoms with Gasteiger partial charge in [0.05, 0.1) is 0 Å². The summed E-state index contributed by atoms with van der Waals surface area (Å²) in [6.45, 7) is 3.53. The topological polar surface area (TPSA) is 55.8 Å². The first kappa shape index (κ1) is 10.1. The molecule has 2 N–H and O–H groups in total. The number of hydrogen-bond donors (Lipinski definition) is 2. The van der Waals surface area contributed by atoms with E-state index >= 15 is 0 Å². The lowest BCUT2D eigenvalue weighted by atomic mass is 10.4. The van der Waals surface area contributed by atoms with Gasteiger partial charge in [-0.2, -0.15) is 0 Å². The molecule has 1 unspecified atom stereocenters. The van der Waals surface area contributed by atoms with E-state index in [0.29, 0.717) is 0 Å². The van der Waals surface area contributed by atoms with Crippen LogP contribution in [0.15, 0.2) is 0 Å². The van der Waals surface area contributed by atoms with Gasteiger partial charge >= 0.3 is 0 Å². The van der Waals surface area contributed by atoms with Crippen molar-refractivity contribution in [1.82, 2.24) is 15.3 Å². The molecule has 0 aromatic heterocycles. The molecule has 1 fully saturated rings. The molecular weight excluding hydrogens is 178 g/mol. The van der Waals surface area contributed by atoms with Crippen molar-refractivity contribution in [3.63, 3.8) is 0 Å². The molecule has 5 nitrogen and oxygen atoms in total. The number of nitrogens with one attached hydrogen (secondary N) is 1. The second-order valence-corrected chi connectivity index (χ2v) is 3.68. The first-order valence-electron chi connectivity index (χ1n) is 3.94. The normalized spacial score (nSPS) is 24.2. The molecule has 1 aliphatic rings. The zero-order valence-corrected chi connectivity index (χ0v) is 8.01. The van der Waals surface area contributed by atoms with Gasteiger partial charge in [0.15, 0.2) is 11.1 Å². The van der Waals surface area contributed by atoms with E-state index in [0.717, 1.165) is 26.2 Å². The van der Waals surface area contributed by atoms with Gasteiger partial charge in [0.1, 0.15) is 5.88 Å². The predicted molar refractivity (Wildman–Crippen MR) is 47.8 cm³/mol. The summed E-state index contributed by atoms with van der Waals surface area (Å²) >= 11 is -1.69. The van der Waals surface area contributed by atoms with Gasteiger partial charge in [0, 0.05) is 26.2 Å². The van der Waals surface area contributed by atoms with E-state index in [1.807, 2.05) is 11.9 Å². The molecule has 0 aromatic rings. The van der Waals surface area contributed by atoms with Crippen molar-refractivity contribution in [2.45, 2.75) is 0 Å². The summed E-state index contributed by atoms with van der Waals surface area (Å²) in [5.74, 6) is 0.275. The third-order valence-corrected chi connectivity index (χ3v) is 2.57. The van der Waals surface area contributed by atoms with Crippen molar-refractivity contribution in [2.24, 2.45) is 0 Å². The van der Waals surface area contributed by atoms with Gasteiger partial charge in [-0.3, -0.25) is 10.3 Å². The van der Waals surface area contributed by atoms with Crippen molar-refractivity contribution >= 4 is 11.1 Å². The summed E-state index contributed by atoms with van der Waals surface area (Å²) in [7, 11) is 1.89. The maximum atomic E-state index is 10.5. The summed E-state index contributed by atoms with van der Waals surface area (Å²) < 4.78 is 19.1. The number of hydrazine groups is 1. The molecule has 0 bridgehead atoms. The minimum Gasteiger partial charge on any atom is -0.305 e. The number of nitrogens with zero attached hydrogens (tertiary/aromatic N) is 2. The van der Waals surface area contributed by atoms with E-state index in [4.69, 9.17) is 4.55 Å². The summed E-state index contributed by atoms with van der Waals surface area (Å²) in [6.07, 6.45) is 0. The number of hydrogen-bond acceptors (Lipinski definition) is 4. The van der Waals surface area contributed by atoms with Crippen LogP contribution in [-0.2, 0) is 11.1 Å². The second kappa shape index (κ2) is 4.88. The molecule has 0 aliphatic carbocycles. The van der Waals surface area contributed by atoms with Crippen LogP contribution in [0.5, 0.6) is 0 Å². The van der Waals surface area contributed by atoms with Gasteiger partial charge in [0.2, 0.25) is 0 Å². The standard InChI is InChI=1S/C6H15N3O2S/c1-7-9-4-2-8(3-5-9)6-12(10)11/h7H,2-6H2,1H3,(H,10,11). The highest BCUT2D eigenvalue weighted by atomic mass is 32.2. The van der Waals surface area contributed by atoms with Gasteiger partial charge in [-0.25, -0.2) is 9.22 Å². The summed E-state index contributed by atoms with van der Waals surface area (Å²) in [5.41, 5.74) is 3.05. The molecule has 12 heavy (non-hydrogen) atoms. The Morgan fingerprint density at radius 2 is 2.00 bits per heavy atom. The van der Waals surface area contributed by atoms with E-state index < -0.39 is 11.1 Å². The van der Waals surface area contributed by atoms with Crippen molar-refractivity contribution in [2.75, 3.05) is 39.1 Å². The van der Waals surface area contributed by atoms with E-state index in [9.17, 15) is 4.21 Å². The van der Waals surface area contributed by atoms with Crippen LogP contribution in [0.1, 0.15) is 0 Å². The molecule has 0 spiro atoms. The first-order valence-corrected chi connectivity index (χ1v) is 5.22. The van der Waals surface area contributed by atoms with Gasteiger partial charge in [0.25, 0.3) is 0 Å². The summed E-state index contributed by atoms with van der Waals surface area (Å²) in [5, 5.41) is 2.09. The predicted octanol–water partition coefficient (Wildman–Crippen LogP) is -1.08. The molecule has 1 atom stereocenters. The Balaban J connectivity index is 2.21. The highest BCUT2D eigenvalue weighted by Crippen LogP contribution is 1.98. The maximum absolute atomic E-state index is 10.5. The minimum atomic E-state index is -1.69. The molecular formula is C6H15N3O2S. The Morgan fingerprint density at radius 3 is 2.42 bits per heavy atom. The van der Waals surface area contributed by atoms with Crippen molar-refractivity contribution < 1.29 is 8.76 Å². The Morgan fingerprint density at radius 1 is 1.42 bits per heavy atom. The zero-order valence-electron chi connectivity index (χ0n) is 7.19. The molecule has 1 saturated heterocycles. The van der Waals surface area contributed by atoms with Crippen LogP contribution in [0.25, 0.3) is 0 Å². The third-order valence-electron chi connectivity index (χ3n) is 1.98. The van der Waals surface area contributed by atoms with Crippen LogP contribution in [0, 0.1) is 0 Å². The lowest BCUT2D eigenvalue weighted by Crippen LogP contribution is -2.51. The molecule has 0 saturated carbocycles. The lowest BCUT2D eigenvalue weighted by molar-refractivity contribution is 0.110. The molecule has 1 aliphatic heterocycles. The van der Waals surface area contributed by atoms with Crippen LogP contribution in [-0.4, -0.2) is 57.8 Å². The fourth-order valence-electron chi connectivity index (χ4n) is 1.26. The molecule has 0 amide bonds. The molecule has 1 heterocycles. The molecule has 0 aromatic carbocycles. The highest BCUT2D eigenvalue weighted by molar-refractivity contribution is 7.79. The largest absolute Gasteiger partial charge is 0.305 e. The van der Waals surface area contributed by atoms with Crippen molar-refractivity contribution in [3.05, 3.63) is 0 Å². The van der Waals surface area contributed by atoms with Crippen LogP contribution < -0.4 is 5.43 Å². The van der Waals surface area contributed by atoms with E-state index in [1.165, 1.54) is 0 Å². The molecule has 72 valence electrons. The van der Waals surface area contributed by atoms with Gasteiger partial charge in [-0.15, -0.1) is 0 Å². The minimum absolute atomic E-state index is 0.275. The van der Waals surface area contributed by atoms with Gasteiger partial charge in [-0.1, -0.05) is 0 Å². The molecule has 0 radical (unpaired) electrons. The van der Waals surface area contributed by atoms with Gasteiger partial charge < -0.3 is 4.55 Å². The lowest BCUT2D eigenvalue weighted by Gasteiger charge is -2.32. The van der Waals surface area contributed by atoms with E-state index in [2.05, 4.69) is 10.4 Å². The van der Waals surface area contributed by atoms with Crippen molar-refractivity contribution in [1.29, 1.82) is 0 Å². The van der Waals surface area contributed by atoms with Crippen molar-refractivity contribution in [3.8, 4) is 0 Å². The van der Waals surface area contributed by atoms with Crippen LogP contribution >= 0.6 is 0 Å². The average Bonchev–Trinajstić information content (AvgIpc) is 2.05. The zero-order chi connectivity index (χ0) is 8.97. The molecule has 1 rings (SSSR count). The van der Waals surface area contributed by atoms with E-state index in [1.54, 1.807) is 0 Å². The number of rotatable bonds is 3. The fraction of sp³-hybridized carbons (Fsp3) is 1.00. The highest BCUT2D eigenvalue weighted by Gasteiger charge is 2.16. The Hall–Kier alpha value is -0.0100. The first-order chi connectivity index (χ1) is 5.72. The van der Waals surface area contributed by atoms with Crippen LogP contribution in [0.3, 0.4) is 0 Å². The number of piperazine rings is 1. The SMILES string of the molecule is CNN1CCN(CS(=O)O)CC1. The van der Waals surface area contributed by atoms with E-state index in [-0.39, 0.29) is 5.88 Å². The van der Waals surface area contributed by atoms with Crippen LogP contribution in [0.2, 0.25) is 0 Å². The summed E-state index contributed by atoms with van der Waals surface area (Å²) in [6, 6.07) is 0. The average molecular weight is 193 g/mol. The Bertz CT molecular complexity index is 159. The smallest absolute Gasteiger partial charge is 0.167 e. The Labute approximate surface area is 75.0 Å². The fourth-order valence-corrected chi connectivity index (χ4v) is 1.83. The monoisotopic (exact) mass is 193 g/mol. The summed E-state index contributed by atoms with van der Waals surface area (Å²) in [4.78, 5) is 1.99. The molecule has 6 heteroatoms. The van der Waals surface area contributed by atoms with Gasteiger partial charge in [-0.05, 0) is 7.05 Å². The van der Waals surface area contributed by atoms with Crippen LogP contribution in [0.4, 0.5) is 0 Å². The quantitative estimate of drug-likeness (QED) is 0.558.